The number of pyridine rings is 1. The number of hydrogen-bond acceptors (Lipinski definition) is 21. The highest BCUT2D eigenvalue weighted by atomic mass is 32.2. The molecule has 2 saturated heterocycles. The second kappa shape index (κ2) is 33.4. The van der Waals surface area contributed by atoms with E-state index in [0.29, 0.717) is 67.2 Å². The number of hydrogen-bond donors (Lipinski definition) is 5. The Bertz CT molecular complexity index is 2220. The summed E-state index contributed by atoms with van der Waals surface area (Å²) in [6, 6.07) is 11.3. The van der Waals surface area contributed by atoms with Crippen LogP contribution in [0.1, 0.15) is 63.8 Å². The topological polar surface area (TPSA) is 279 Å². The van der Waals surface area contributed by atoms with E-state index in [2.05, 4.69) is 31.6 Å². The number of rotatable bonds is 41. The molecule has 0 spiro atoms. The van der Waals surface area contributed by atoms with Gasteiger partial charge in [-0.05, 0) is 74.3 Å². The predicted octanol–water partition coefficient (Wildman–Crippen LogP) is 3.40. The van der Waals surface area contributed by atoms with Crippen LogP contribution in [0.2, 0.25) is 0 Å². The summed E-state index contributed by atoms with van der Waals surface area (Å²) in [5.74, 6) is 3.07. The second-order valence-corrected chi connectivity index (χ2v) is 19.3. The zero-order valence-electron chi connectivity index (χ0n) is 42.3. The monoisotopic (exact) mass is 1080 g/mol. The van der Waals surface area contributed by atoms with Crippen LogP contribution in [-0.2, 0) is 67.9 Å². The fourth-order valence-corrected chi connectivity index (χ4v) is 10.7. The molecule has 4 fully saturated rings. The van der Waals surface area contributed by atoms with E-state index in [-0.39, 0.29) is 134 Å². The molecule has 0 radical (unpaired) electrons. The van der Waals surface area contributed by atoms with Crippen LogP contribution in [0.4, 0.5) is 16.4 Å². The Balaban J connectivity index is 0.553. The average molecular weight is 1080 g/mol. The first-order chi connectivity index (χ1) is 36.9. The molecule has 75 heavy (non-hydrogen) atoms. The van der Waals surface area contributed by atoms with Gasteiger partial charge in [0.2, 0.25) is 17.8 Å². The van der Waals surface area contributed by atoms with Gasteiger partial charge in [0.05, 0.1) is 45.1 Å². The molecule has 7 rings (SSSR count). The minimum absolute atomic E-state index is 0.00132. The van der Waals surface area contributed by atoms with Gasteiger partial charge in [-0.25, -0.2) is 58.7 Å². The van der Waals surface area contributed by atoms with Crippen LogP contribution in [0.25, 0.3) is 11.0 Å². The van der Waals surface area contributed by atoms with Gasteiger partial charge in [-0.2, -0.15) is 16.7 Å². The number of aromatic nitrogens is 3. The van der Waals surface area contributed by atoms with Crippen molar-refractivity contribution in [2.24, 2.45) is 11.8 Å². The Morgan fingerprint density at radius 3 is 1.89 bits per heavy atom. The third kappa shape index (κ3) is 20.6. The maximum atomic E-state index is 13.0. The number of carbonyl (C=O) groups is 3. The number of thioether (sulfide) groups is 1. The van der Waals surface area contributed by atoms with Gasteiger partial charge < -0.3 is 40.8 Å². The molecule has 416 valence electrons. The van der Waals surface area contributed by atoms with Crippen LogP contribution >= 0.6 is 11.8 Å². The molecule has 4 amide bonds. The molecule has 2 aromatic heterocycles. The van der Waals surface area contributed by atoms with Crippen molar-refractivity contribution in [2.45, 2.75) is 81.2 Å². The lowest BCUT2D eigenvalue weighted by molar-refractivity contribution is -0.372. The van der Waals surface area contributed by atoms with Gasteiger partial charge in [0, 0.05) is 59.8 Å². The first-order valence-corrected chi connectivity index (χ1v) is 26.9. The molecule has 2 bridgehead atoms. The molecular weight excluding hydrogens is 1000 g/mol. The van der Waals surface area contributed by atoms with Gasteiger partial charge in [-0.3, -0.25) is 19.0 Å². The Morgan fingerprint density at radius 2 is 1.27 bits per heavy atom. The van der Waals surface area contributed by atoms with Crippen molar-refractivity contribution in [1.29, 1.82) is 0 Å². The van der Waals surface area contributed by atoms with Gasteiger partial charge in [-0.15, -0.1) is 0 Å². The zero-order valence-corrected chi connectivity index (χ0v) is 43.1. The van der Waals surface area contributed by atoms with E-state index in [1.54, 1.807) is 18.3 Å². The van der Waals surface area contributed by atoms with Crippen molar-refractivity contribution in [3.05, 3.63) is 52.9 Å². The van der Waals surface area contributed by atoms with E-state index in [9.17, 15) is 19.2 Å². The lowest BCUT2D eigenvalue weighted by Gasteiger charge is -2.25. The van der Waals surface area contributed by atoms with Crippen molar-refractivity contribution < 1.29 is 77.5 Å². The van der Waals surface area contributed by atoms with Crippen molar-refractivity contribution in [3.8, 4) is 5.75 Å². The van der Waals surface area contributed by atoms with Gasteiger partial charge in [-0.1, -0.05) is 12.8 Å². The number of urea groups is 1. The minimum Gasteiger partial charge on any atom is -0.492 e. The number of ether oxygens (including phenoxy) is 3. The third-order valence-electron chi connectivity index (χ3n) is 12.7. The third-order valence-corrected chi connectivity index (χ3v) is 14.2. The Kier molecular flexibility index (Phi) is 25.8. The molecule has 2 saturated carbocycles. The van der Waals surface area contributed by atoms with Crippen molar-refractivity contribution in [1.82, 2.24) is 35.8 Å². The fraction of sp³-hybridized carbons (Fsp3) is 0.673. The van der Waals surface area contributed by atoms with Gasteiger partial charge >= 0.3 is 6.03 Å². The average Bonchev–Trinajstić information content (AvgIpc) is 4.23. The van der Waals surface area contributed by atoms with E-state index in [4.69, 9.17) is 68.1 Å². The SMILES string of the molecule is O=C(CCCCC1SCC2NC(=O)NC21)NCCOCCOOCCOOCCOOCCOOCCOOCCOCCC(=O)NCCOc1ccc(Nc2ncc3ccc(=O)n(C4CC5CCC4C5)c3n2)cc1. The molecule has 25 nitrogen and oxygen atoms in total. The predicted molar refractivity (Wildman–Crippen MR) is 269 cm³/mol. The van der Waals surface area contributed by atoms with Gasteiger partial charge in [0.25, 0.3) is 5.56 Å². The summed E-state index contributed by atoms with van der Waals surface area (Å²) in [5, 5.41) is 16.1. The molecule has 4 aliphatic rings. The first-order valence-electron chi connectivity index (χ1n) is 25.9. The van der Waals surface area contributed by atoms with E-state index < -0.39 is 0 Å². The number of fused-ring (bicyclic) bond motifs is 4. The number of unbranched alkanes of at least 4 members (excludes halogenated alkanes) is 1. The second-order valence-electron chi connectivity index (χ2n) is 18.0. The molecule has 6 unspecified atom stereocenters. The summed E-state index contributed by atoms with van der Waals surface area (Å²) in [7, 11) is 0. The molecule has 2 aliphatic carbocycles. The summed E-state index contributed by atoms with van der Waals surface area (Å²) >= 11 is 1.88. The summed E-state index contributed by atoms with van der Waals surface area (Å²) in [4.78, 5) is 108. The van der Waals surface area contributed by atoms with Gasteiger partial charge in [0.15, 0.2) is 0 Å². The largest absolute Gasteiger partial charge is 0.492 e. The number of carbonyl (C=O) groups excluding carboxylic acids is 3. The highest BCUT2D eigenvalue weighted by molar-refractivity contribution is 8.00. The van der Waals surface area contributed by atoms with E-state index in [1.807, 2.05) is 40.6 Å². The Morgan fingerprint density at radius 1 is 0.653 bits per heavy atom. The minimum atomic E-state index is -0.163. The van der Waals surface area contributed by atoms with Crippen molar-refractivity contribution in [3.63, 3.8) is 0 Å². The van der Waals surface area contributed by atoms with Gasteiger partial charge in [0.1, 0.15) is 84.1 Å². The van der Waals surface area contributed by atoms with Crippen molar-refractivity contribution >= 4 is 52.3 Å². The maximum absolute atomic E-state index is 13.0. The Hall–Kier alpha value is -4.81. The van der Waals surface area contributed by atoms with Crippen LogP contribution in [0.15, 0.2) is 47.4 Å². The molecule has 6 atom stereocenters. The van der Waals surface area contributed by atoms with E-state index in [1.165, 1.54) is 19.3 Å². The quantitative estimate of drug-likeness (QED) is 0.0236. The molecule has 5 N–H and O–H groups in total. The summed E-state index contributed by atoms with van der Waals surface area (Å²) in [5.41, 5.74) is 1.42. The van der Waals surface area contributed by atoms with Crippen molar-refractivity contribution in [2.75, 3.05) is 123 Å². The molecule has 1 aromatic carbocycles. The fourth-order valence-electron chi connectivity index (χ4n) is 9.20. The zero-order chi connectivity index (χ0) is 52.1. The highest BCUT2D eigenvalue weighted by Crippen LogP contribution is 2.50. The molecular formula is C49H72N8O17S. The molecule has 3 aromatic rings. The number of nitrogens with zero attached hydrogens (tertiary/aromatic N) is 3. The Labute approximate surface area is 439 Å². The molecule has 4 heterocycles. The van der Waals surface area contributed by atoms with Crippen LogP contribution in [-0.4, -0.2) is 168 Å². The molecule has 2 aliphatic heterocycles. The van der Waals surface area contributed by atoms with E-state index >= 15 is 0 Å². The normalized spacial score (nSPS) is 20.6. The molecule has 26 heteroatoms. The summed E-state index contributed by atoms with van der Waals surface area (Å²) < 4.78 is 18.5. The summed E-state index contributed by atoms with van der Waals surface area (Å²) in [6.07, 6.45) is 9.79. The van der Waals surface area contributed by atoms with Crippen LogP contribution < -0.4 is 36.9 Å². The maximum Gasteiger partial charge on any atom is 0.315 e. The van der Waals surface area contributed by atoms with Crippen LogP contribution in [0.3, 0.4) is 0 Å². The van der Waals surface area contributed by atoms with E-state index in [0.717, 1.165) is 42.5 Å². The lowest BCUT2D eigenvalue weighted by Crippen LogP contribution is -2.36. The number of amides is 4. The van der Waals surface area contributed by atoms with Crippen LogP contribution in [0.5, 0.6) is 5.75 Å². The first kappa shape index (κ1) is 57.9. The standard InChI is InChI=1S/C49H72N8O17S/c58-43(4-2-1-3-42-46-40(34-75-42)54-49(61)55-46)50-14-17-63-20-22-66-68-24-26-70-72-28-30-74-73-29-27-71-69-25-23-67-65-21-19-62-16-13-44(59)51-15-18-64-39-10-8-38(9-11-39)53-48-52-33-37-7-12-45(60)57(47(37)56-48)41-32-35-5-6-36(41)31-35/h7-12,33,35-36,40-42,46H,1-6,13-32,34H2,(H,50,58)(H,51,59)(H,52,53,56)(H2,54,55,61). The number of anilines is 2. The highest BCUT2D eigenvalue weighted by Gasteiger charge is 2.43. The number of nitrogens with one attached hydrogen (secondary N) is 5. The lowest BCUT2D eigenvalue weighted by atomic mass is 9.95. The summed E-state index contributed by atoms with van der Waals surface area (Å²) in [6.45, 7) is 3.51. The van der Waals surface area contributed by atoms with Crippen LogP contribution in [0, 0.1) is 11.8 Å². The smallest absolute Gasteiger partial charge is 0.315 e. The number of benzene rings is 1.